The first-order chi connectivity index (χ1) is 9.54. The standard InChI is InChI=1S/C14H16FN3OS/c1-9-8-20-14(17-9)10(2)16-7-13(19)18-12-5-3-4-11(15)6-12/h3-6,8,10,16H,7H2,1-2H3,(H,18,19). The molecule has 0 saturated carbocycles. The Morgan fingerprint density at radius 3 is 2.95 bits per heavy atom. The van der Waals surface area contributed by atoms with Gasteiger partial charge in [0.25, 0.3) is 0 Å². The zero-order valence-electron chi connectivity index (χ0n) is 11.3. The van der Waals surface area contributed by atoms with E-state index in [1.54, 1.807) is 23.5 Å². The quantitative estimate of drug-likeness (QED) is 0.891. The van der Waals surface area contributed by atoms with E-state index in [1.807, 2.05) is 19.2 Å². The predicted octanol–water partition coefficient (Wildman–Crippen LogP) is 2.88. The van der Waals surface area contributed by atoms with E-state index in [4.69, 9.17) is 0 Å². The zero-order valence-corrected chi connectivity index (χ0v) is 12.1. The molecular weight excluding hydrogens is 277 g/mol. The molecule has 0 radical (unpaired) electrons. The van der Waals surface area contributed by atoms with Gasteiger partial charge in [-0.15, -0.1) is 11.3 Å². The molecule has 0 aliphatic heterocycles. The van der Waals surface area contributed by atoms with E-state index in [1.165, 1.54) is 12.1 Å². The molecule has 2 aromatic rings. The van der Waals surface area contributed by atoms with Gasteiger partial charge in [0.15, 0.2) is 0 Å². The van der Waals surface area contributed by atoms with Crippen molar-refractivity contribution >= 4 is 22.9 Å². The monoisotopic (exact) mass is 293 g/mol. The zero-order chi connectivity index (χ0) is 14.5. The first-order valence-electron chi connectivity index (χ1n) is 6.25. The van der Waals surface area contributed by atoms with Crippen molar-refractivity contribution < 1.29 is 9.18 Å². The molecule has 6 heteroatoms. The number of hydrogen-bond donors (Lipinski definition) is 2. The summed E-state index contributed by atoms with van der Waals surface area (Å²) < 4.78 is 13.0. The van der Waals surface area contributed by atoms with Gasteiger partial charge in [-0.2, -0.15) is 0 Å². The van der Waals surface area contributed by atoms with Gasteiger partial charge in [-0.05, 0) is 32.0 Å². The second-order valence-electron chi connectivity index (χ2n) is 4.49. The Bertz CT molecular complexity index is 600. The van der Waals surface area contributed by atoms with Crippen LogP contribution in [-0.4, -0.2) is 17.4 Å². The van der Waals surface area contributed by atoms with Gasteiger partial charge in [0.2, 0.25) is 5.91 Å². The van der Waals surface area contributed by atoms with Crippen LogP contribution in [-0.2, 0) is 4.79 Å². The van der Waals surface area contributed by atoms with Gasteiger partial charge >= 0.3 is 0 Å². The number of carbonyl (C=O) groups is 1. The SMILES string of the molecule is Cc1csc(C(C)NCC(=O)Nc2cccc(F)c2)n1. The molecule has 1 heterocycles. The maximum absolute atomic E-state index is 13.0. The molecule has 1 aromatic carbocycles. The molecule has 2 rings (SSSR count). The average Bonchev–Trinajstić information content (AvgIpc) is 2.83. The summed E-state index contributed by atoms with van der Waals surface area (Å²) in [6.07, 6.45) is 0. The van der Waals surface area contributed by atoms with E-state index >= 15 is 0 Å². The van der Waals surface area contributed by atoms with Gasteiger partial charge in [-0.25, -0.2) is 9.37 Å². The van der Waals surface area contributed by atoms with Crippen molar-refractivity contribution in [2.75, 3.05) is 11.9 Å². The number of benzene rings is 1. The summed E-state index contributed by atoms with van der Waals surface area (Å²) in [7, 11) is 0. The number of halogens is 1. The summed E-state index contributed by atoms with van der Waals surface area (Å²) in [6.45, 7) is 4.04. The molecule has 106 valence electrons. The van der Waals surface area contributed by atoms with E-state index in [-0.39, 0.29) is 24.3 Å². The van der Waals surface area contributed by atoms with Gasteiger partial charge in [0.05, 0.1) is 12.6 Å². The minimum Gasteiger partial charge on any atom is -0.325 e. The van der Waals surface area contributed by atoms with Crippen LogP contribution in [0.5, 0.6) is 0 Å². The third kappa shape index (κ3) is 4.11. The van der Waals surface area contributed by atoms with Crippen LogP contribution in [0.3, 0.4) is 0 Å². The largest absolute Gasteiger partial charge is 0.325 e. The summed E-state index contributed by atoms with van der Waals surface area (Å²) in [5.74, 6) is -0.585. The maximum atomic E-state index is 13.0. The van der Waals surface area contributed by atoms with Gasteiger partial charge in [0.1, 0.15) is 10.8 Å². The minimum atomic E-state index is -0.373. The molecule has 0 bridgehead atoms. The second-order valence-corrected chi connectivity index (χ2v) is 5.38. The molecule has 0 spiro atoms. The third-order valence-corrected chi connectivity index (χ3v) is 3.83. The molecule has 1 atom stereocenters. The van der Waals surface area contributed by atoms with Crippen molar-refractivity contribution in [2.45, 2.75) is 19.9 Å². The first-order valence-corrected chi connectivity index (χ1v) is 7.13. The lowest BCUT2D eigenvalue weighted by Crippen LogP contribution is -2.30. The van der Waals surface area contributed by atoms with Crippen LogP contribution in [0, 0.1) is 12.7 Å². The third-order valence-electron chi connectivity index (χ3n) is 2.68. The van der Waals surface area contributed by atoms with Gasteiger partial charge in [0, 0.05) is 16.8 Å². The number of anilines is 1. The highest BCUT2D eigenvalue weighted by molar-refractivity contribution is 7.09. The van der Waals surface area contributed by atoms with Gasteiger partial charge in [-0.1, -0.05) is 6.07 Å². The molecule has 1 amide bonds. The Kier molecular flexibility index (Phi) is 4.81. The maximum Gasteiger partial charge on any atom is 0.238 e. The number of carbonyl (C=O) groups excluding carboxylic acids is 1. The fourth-order valence-corrected chi connectivity index (χ4v) is 2.50. The molecule has 1 aromatic heterocycles. The highest BCUT2D eigenvalue weighted by Gasteiger charge is 2.11. The number of amides is 1. The van der Waals surface area contributed by atoms with Crippen molar-refractivity contribution in [2.24, 2.45) is 0 Å². The minimum absolute atomic E-state index is 0.00644. The first kappa shape index (κ1) is 14.6. The molecule has 2 N–H and O–H groups in total. The van der Waals surface area contributed by atoms with E-state index in [0.29, 0.717) is 5.69 Å². The highest BCUT2D eigenvalue weighted by atomic mass is 32.1. The molecule has 4 nitrogen and oxygen atoms in total. The lowest BCUT2D eigenvalue weighted by atomic mass is 10.3. The fourth-order valence-electron chi connectivity index (χ4n) is 1.68. The molecule has 0 aliphatic rings. The topological polar surface area (TPSA) is 54.0 Å². The summed E-state index contributed by atoms with van der Waals surface area (Å²) in [6, 6.07) is 5.83. The van der Waals surface area contributed by atoms with Crippen molar-refractivity contribution in [3.05, 3.63) is 46.2 Å². The fraction of sp³-hybridized carbons (Fsp3) is 0.286. The Morgan fingerprint density at radius 1 is 1.50 bits per heavy atom. The number of aromatic nitrogens is 1. The summed E-state index contributed by atoms with van der Waals surface area (Å²) in [5.41, 5.74) is 1.43. The van der Waals surface area contributed by atoms with E-state index in [2.05, 4.69) is 15.6 Å². The van der Waals surface area contributed by atoms with Crippen molar-refractivity contribution in [1.29, 1.82) is 0 Å². The van der Waals surface area contributed by atoms with E-state index in [9.17, 15) is 9.18 Å². The lowest BCUT2D eigenvalue weighted by Gasteiger charge is -2.11. The van der Waals surface area contributed by atoms with E-state index in [0.717, 1.165) is 10.7 Å². The predicted molar refractivity (Wildman–Crippen MR) is 78.3 cm³/mol. The smallest absolute Gasteiger partial charge is 0.238 e. The Labute approximate surface area is 121 Å². The summed E-state index contributed by atoms with van der Waals surface area (Å²) in [5, 5.41) is 8.64. The molecular formula is C14H16FN3OS. The molecule has 0 aliphatic carbocycles. The number of hydrogen-bond acceptors (Lipinski definition) is 4. The highest BCUT2D eigenvalue weighted by Crippen LogP contribution is 2.17. The number of thiazole rings is 1. The Morgan fingerprint density at radius 2 is 2.30 bits per heavy atom. The number of nitrogens with one attached hydrogen (secondary N) is 2. The summed E-state index contributed by atoms with van der Waals surface area (Å²) in [4.78, 5) is 16.1. The van der Waals surface area contributed by atoms with Crippen LogP contribution >= 0.6 is 11.3 Å². The van der Waals surface area contributed by atoms with Crippen LogP contribution in [0.2, 0.25) is 0 Å². The van der Waals surface area contributed by atoms with Crippen LogP contribution in [0.1, 0.15) is 23.7 Å². The van der Waals surface area contributed by atoms with Gasteiger partial charge < -0.3 is 5.32 Å². The second kappa shape index (κ2) is 6.58. The number of nitrogens with zero attached hydrogens (tertiary/aromatic N) is 1. The van der Waals surface area contributed by atoms with Gasteiger partial charge in [-0.3, -0.25) is 10.1 Å². The van der Waals surface area contributed by atoms with Crippen molar-refractivity contribution in [3.8, 4) is 0 Å². The van der Waals surface area contributed by atoms with Crippen molar-refractivity contribution in [1.82, 2.24) is 10.3 Å². The Hall–Kier alpha value is -1.79. The molecule has 20 heavy (non-hydrogen) atoms. The van der Waals surface area contributed by atoms with Crippen LogP contribution in [0.25, 0.3) is 0 Å². The lowest BCUT2D eigenvalue weighted by molar-refractivity contribution is -0.115. The average molecular weight is 293 g/mol. The van der Waals surface area contributed by atoms with E-state index < -0.39 is 0 Å². The molecule has 0 saturated heterocycles. The van der Waals surface area contributed by atoms with Crippen LogP contribution in [0.15, 0.2) is 29.6 Å². The molecule has 0 fully saturated rings. The summed E-state index contributed by atoms with van der Waals surface area (Å²) >= 11 is 1.56. The van der Waals surface area contributed by atoms with Crippen molar-refractivity contribution in [3.63, 3.8) is 0 Å². The molecule has 1 unspecified atom stereocenters. The van der Waals surface area contributed by atoms with Crippen LogP contribution in [0.4, 0.5) is 10.1 Å². The van der Waals surface area contributed by atoms with Crippen LogP contribution < -0.4 is 10.6 Å². The Balaban J connectivity index is 1.83. The number of aryl methyl sites for hydroxylation is 1. The normalized spacial score (nSPS) is 12.2. The number of rotatable bonds is 5.